The lowest BCUT2D eigenvalue weighted by Gasteiger charge is -2.02. The first-order valence-corrected chi connectivity index (χ1v) is 6.85. The zero-order valence-corrected chi connectivity index (χ0v) is 12.7. The average Bonchev–Trinajstić information content (AvgIpc) is 2.48. The first-order chi connectivity index (χ1) is 10.0. The Morgan fingerprint density at radius 2 is 2.05 bits per heavy atom. The number of benzene rings is 2. The van der Waals surface area contributed by atoms with Gasteiger partial charge in [-0.1, -0.05) is 12.1 Å². The van der Waals surface area contributed by atoms with Crippen LogP contribution in [0.2, 0.25) is 0 Å². The number of rotatable bonds is 4. The van der Waals surface area contributed by atoms with Crippen LogP contribution in [-0.2, 0) is 0 Å². The molecule has 0 radical (unpaired) electrons. The van der Waals surface area contributed by atoms with Crippen LogP contribution in [0.3, 0.4) is 0 Å². The minimum Gasteiger partial charge on any atom is -0.507 e. The molecular formula is C16H12BrFO3. The maximum atomic E-state index is 13.5. The highest BCUT2D eigenvalue weighted by Gasteiger charge is 2.07. The fraction of sp³-hybridized carbons (Fsp3) is 0.0625. The molecule has 0 fully saturated rings. The van der Waals surface area contributed by atoms with Gasteiger partial charge in [-0.15, -0.1) is 0 Å². The zero-order chi connectivity index (χ0) is 15.4. The van der Waals surface area contributed by atoms with E-state index in [-0.39, 0.29) is 22.8 Å². The second-order valence-electron chi connectivity index (χ2n) is 4.26. The maximum Gasteiger partial charge on any atom is 0.185 e. The molecule has 0 saturated carbocycles. The number of carbonyl (C=O) groups excluding carboxylic acids is 1. The lowest BCUT2D eigenvalue weighted by molar-refractivity contribution is 0.104. The van der Waals surface area contributed by atoms with E-state index in [1.165, 1.54) is 31.4 Å². The minimum atomic E-state index is -0.580. The molecular weight excluding hydrogens is 339 g/mol. The maximum absolute atomic E-state index is 13.5. The fourth-order valence-electron chi connectivity index (χ4n) is 1.71. The third kappa shape index (κ3) is 3.70. The summed E-state index contributed by atoms with van der Waals surface area (Å²) in [7, 11) is 1.36. The van der Waals surface area contributed by atoms with Gasteiger partial charge in [-0.05, 0) is 57.9 Å². The van der Waals surface area contributed by atoms with Gasteiger partial charge in [0.15, 0.2) is 17.3 Å². The largest absolute Gasteiger partial charge is 0.507 e. The van der Waals surface area contributed by atoms with Crippen molar-refractivity contribution in [3.05, 3.63) is 63.9 Å². The Morgan fingerprint density at radius 1 is 1.29 bits per heavy atom. The lowest BCUT2D eigenvalue weighted by Crippen LogP contribution is -1.97. The van der Waals surface area contributed by atoms with Crippen molar-refractivity contribution < 1.29 is 19.0 Å². The second kappa shape index (κ2) is 6.54. The molecule has 0 unspecified atom stereocenters. The predicted octanol–water partition coefficient (Wildman–Crippen LogP) is 4.20. The summed E-state index contributed by atoms with van der Waals surface area (Å²) in [6.45, 7) is 0. The van der Waals surface area contributed by atoms with Gasteiger partial charge in [0.25, 0.3) is 0 Å². The molecule has 0 saturated heterocycles. The zero-order valence-electron chi connectivity index (χ0n) is 11.1. The van der Waals surface area contributed by atoms with Crippen molar-refractivity contribution in [2.45, 2.75) is 0 Å². The van der Waals surface area contributed by atoms with Gasteiger partial charge in [0.05, 0.1) is 11.6 Å². The second-order valence-corrected chi connectivity index (χ2v) is 5.11. The summed E-state index contributed by atoms with van der Waals surface area (Å²) in [5, 5.41) is 9.39. The third-order valence-electron chi connectivity index (χ3n) is 2.84. The molecule has 0 heterocycles. The molecule has 2 aromatic rings. The quantitative estimate of drug-likeness (QED) is 0.663. The van der Waals surface area contributed by atoms with Crippen LogP contribution in [0.5, 0.6) is 11.5 Å². The molecule has 0 aromatic heterocycles. The molecule has 2 aromatic carbocycles. The summed E-state index contributed by atoms with van der Waals surface area (Å²) in [6.07, 6.45) is 2.94. The summed E-state index contributed by atoms with van der Waals surface area (Å²) in [5.41, 5.74) is 0.976. The third-order valence-corrected chi connectivity index (χ3v) is 3.47. The molecule has 0 aliphatic carbocycles. The van der Waals surface area contributed by atoms with E-state index in [0.29, 0.717) is 4.47 Å². The Bertz CT molecular complexity index is 711. The Labute approximate surface area is 129 Å². The van der Waals surface area contributed by atoms with Crippen molar-refractivity contribution in [1.29, 1.82) is 0 Å². The molecule has 1 N–H and O–H groups in total. The number of halogens is 2. The number of ketones is 1. The highest BCUT2D eigenvalue weighted by atomic mass is 79.9. The van der Waals surface area contributed by atoms with Crippen LogP contribution in [-0.4, -0.2) is 18.0 Å². The van der Waals surface area contributed by atoms with Crippen LogP contribution < -0.4 is 4.74 Å². The van der Waals surface area contributed by atoms with Gasteiger partial charge >= 0.3 is 0 Å². The molecule has 5 heteroatoms. The number of aromatic hydroxyl groups is 1. The number of ether oxygens (including phenoxy) is 1. The van der Waals surface area contributed by atoms with Gasteiger partial charge in [-0.25, -0.2) is 4.39 Å². The van der Waals surface area contributed by atoms with Gasteiger partial charge in [0.1, 0.15) is 5.75 Å². The standard InChI is InChI=1S/C16H12BrFO3/c1-21-16-7-4-11(9-13(16)18)14(19)5-2-10-3-6-15(20)12(17)8-10/h2-9,20H,1H3/b5-2+. The average molecular weight is 351 g/mol. The summed E-state index contributed by atoms with van der Waals surface area (Å²) >= 11 is 3.19. The van der Waals surface area contributed by atoms with Gasteiger partial charge in [-0.3, -0.25) is 4.79 Å². The number of carbonyl (C=O) groups is 1. The molecule has 0 aliphatic heterocycles. The van der Waals surface area contributed by atoms with Crippen LogP contribution in [0.1, 0.15) is 15.9 Å². The van der Waals surface area contributed by atoms with Crippen molar-refractivity contribution in [2.75, 3.05) is 7.11 Å². The number of phenolic OH excluding ortho intramolecular Hbond substituents is 1. The Hall–Kier alpha value is -2.14. The fourth-order valence-corrected chi connectivity index (χ4v) is 2.11. The van der Waals surface area contributed by atoms with Gasteiger partial charge in [-0.2, -0.15) is 0 Å². The van der Waals surface area contributed by atoms with Crippen LogP contribution in [0, 0.1) is 5.82 Å². The van der Waals surface area contributed by atoms with E-state index in [2.05, 4.69) is 15.9 Å². The van der Waals surface area contributed by atoms with Crippen molar-refractivity contribution in [2.24, 2.45) is 0 Å². The highest BCUT2D eigenvalue weighted by molar-refractivity contribution is 9.10. The lowest BCUT2D eigenvalue weighted by atomic mass is 10.1. The number of hydrogen-bond acceptors (Lipinski definition) is 3. The molecule has 3 nitrogen and oxygen atoms in total. The summed E-state index contributed by atoms with van der Waals surface area (Å²) < 4.78 is 18.9. The molecule has 0 atom stereocenters. The van der Waals surface area contributed by atoms with Crippen LogP contribution >= 0.6 is 15.9 Å². The molecule has 108 valence electrons. The van der Waals surface area contributed by atoms with Crippen LogP contribution in [0.4, 0.5) is 4.39 Å². The number of phenols is 1. The molecule has 2 rings (SSSR count). The van der Waals surface area contributed by atoms with Gasteiger partial charge in [0.2, 0.25) is 0 Å². The first kappa shape index (κ1) is 15.3. The van der Waals surface area contributed by atoms with Crippen molar-refractivity contribution in [1.82, 2.24) is 0 Å². The smallest absolute Gasteiger partial charge is 0.185 e. The number of hydrogen-bond donors (Lipinski definition) is 1. The summed E-state index contributed by atoms with van der Waals surface area (Å²) in [4.78, 5) is 12.0. The first-order valence-electron chi connectivity index (χ1n) is 6.05. The SMILES string of the molecule is COc1ccc(C(=O)/C=C/c2ccc(O)c(Br)c2)cc1F. The number of methoxy groups -OCH3 is 1. The van der Waals surface area contributed by atoms with Crippen LogP contribution in [0.15, 0.2) is 46.9 Å². The van der Waals surface area contributed by atoms with E-state index < -0.39 is 5.82 Å². The van der Waals surface area contributed by atoms with E-state index in [0.717, 1.165) is 11.6 Å². The summed E-state index contributed by atoms with van der Waals surface area (Å²) in [6, 6.07) is 8.90. The van der Waals surface area contributed by atoms with E-state index in [4.69, 9.17) is 4.74 Å². The van der Waals surface area contributed by atoms with E-state index in [1.807, 2.05) is 0 Å². The minimum absolute atomic E-state index is 0.0954. The van der Waals surface area contributed by atoms with Crippen molar-refractivity contribution in [3.8, 4) is 11.5 Å². The molecule has 21 heavy (non-hydrogen) atoms. The topological polar surface area (TPSA) is 46.5 Å². The monoisotopic (exact) mass is 350 g/mol. The Balaban J connectivity index is 2.18. The van der Waals surface area contributed by atoms with Crippen molar-refractivity contribution in [3.63, 3.8) is 0 Å². The molecule has 0 amide bonds. The van der Waals surface area contributed by atoms with Gasteiger partial charge in [0, 0.05) is 5.56 Å². The molecule has 0 bridgehead atoms. The van der Waals surface area contributed by atoms with Crippen molar-refractivity contribution >= 4 is 27.8 Å². The number of allylic oxidation sites excluding steroid dienone is 1. The molecule has 0 spiro atoms. The molecule has 0 aliphatic rings. The summed E-state index contributed by atoms with van der Waals surface area (Å²) in [5.74, 6) is -0.682. The Morgan fingerprint density at radius 3 is 2.67 bits per heavy atom. The Kier molecular flexibility index (Phi) is 4.75. The predicted molar refractivity (Wildman–Crippen MR) is 82.1 cm³/mol. The van der Waals surface area contributed by atoms with Gasteiger partial charge < -0.3 is 9.84 Å². The van der Waals surface area contributed by atoms with E-state index >= 15 is 0 Å². The van der Waals surface area contributed by atoms with Crippen LogP contribution in [0.25, 0.3) is 6.08 Å². The van der Waals surface area contributed by atoms with E-state index in [9.17, 15) is 14.3 Å². The highest BCUT2D eigenvalue weighted by Crippen LogP contribution is 2.25. The van der Waals surface area contributed by atoms with E-state index in [1.54, 1.807) is 18.2 Å². The normalized spacial score (nSPS) is 10.8.